The molecule has 2 aliphatic heterocycles. The van der Waals surface area contributed by atoms with Gasteiger partial charge in [0.05, 0.1) is 30.1 Å². The summed E-state index contributed by atoms with van der Waals surface area (Å²) in [6.07, 6.45) is -1.64. The lowest BCUT2D eigenvalue weighted by Crippen LogP contribution is -2.51. The van der Waals surface area contributed by atoms with Gasteiger partial charge in [-0.2, -0.15) is 13.2 Å². The molecule has 1 amide bonds. The number of rotatable bonds is 6. The van der Waals surface area contributed by atoms with E-state index in [-0.39, 0.29) is 37.1 Å². The maximum absolute atomic E-state index is 13.7. The molecule has 1 aromatic rings. The number of halogens is 3. The lowest BCUT2D eigenvalue weighted by Gasteiger charge is -2.37. The van der Waals surface area contributed by atoms with E-state index in [2.05, 4.69) is 10.3 Å². The van der Waals surface area contributed by atoms with Gasteiger partial charge in [0.2, 0.25) is 5.91 Å². The standard InChI is InChI=1S/C23H30F3N3O5/c1-33-19-13-34-7-4-18(19)28-16-2-5-22(9-16,10-20(30)31)21(32)29-6-3-17-14(12-29)8-15(11-27-17)23(24,25)26/h8,11,16,18-19,28H,2-7,9-10,12-13H2,1H3,(H,30,31)/t16-,18?,19?,22+/m1/s1. The van der Waals surface area contributed by atoms with Crippen molar-refractivity contribution < 1.29 is 37.3 Å². The first-order chi connectivity index (χ1) is 16.1. The summed E-state index contributed by atoms with van der Waals surface area (Å²) in [7, 11) is 1.62. The van der Waals surface area contributed by atoms with E-state index < -0.39 is 23.1 Å². The normalized spacial score (nSPS) is 29.6. The van der Waals surface area contributed by atoms with Gasteiger partial charge in [-0.15, -0.1) is 0 Å². The molecule has 0 spiro atoms. The Morgan fingerprint density at radius 2 is 2.18 bits per heavy atom. The van der Waals surface area contributed by atoms with Crippen LogP contribution in [0.2, 0.25) is 0 Å². The van der Waals surface area contributed by atoms with Gasteiger partial charge in [-0.3, -0.25) is 14.6 Å². The number of methoxy groups -OCH3 is 1. The van der Waals surface area contributed by atoms with Crippen molar-refractivity contribution in [2.45, 2.75) is 69.4 Å². The van der Waals surface area contributed by atoms with Gasteiger partial charge in [0, 0.05) is 57.2 Å². The van der Waals surface area contributed by atoms with E-state index in [0.717, 1.165) is 18.7 Å². The number of nitrogens with zero attached hydrogens (tertiary/aromatic N) is 2. The summed E-state index contributed by atoms with van der Waals surface area (Å²) in [4.78, 5) is 30.8. The minimum absolute atomic E-state index is 0.00371. The Morgan fingerprint density at radius 1 is 1.38 bits per heavy atom. The zero-order chi connectivity index (χ0) is 24.5. The van der Waals surface area contributed by atoms with Gasteiger partial charge in [0.1, 0.15) is 0 Å². The van der Waals surface area contributed by atoms with Crippen molar-refractivity contribution in [1.82, 2.24) is 15.2 Å². The van der Waals surface area contributed by atoms with E-state index in [9.17, 15) is 27.9 Å². The number of carbonyl (C=O) groups excluding carboxylic acids is 1. The van der Waals surface area contributed by atoms with E-state index in [1.54, 1.807) is 7.11 Å². The quantitative estimate of drug-likeness (QED) is 0.638. The average molecular weight is 486 g/mol. The summed E-state index contributed by atoms with van der Waals surface area (Å²) in [6, 6.07) is 1.04. The fraction of sp³-hybridized carbons (Fsp3) is 0.696. The Bertz CT molecular complexity index is 928. The first-order valence-electron chi connectivity index (χ1n) is 11.5. The number of amides is 1. The second-order valence-corrected chi connectivity index (χ2v) is 9.51. The number of nitrogens with one attached hydrogen (secondary N) is 1. The van der Waals surface area contributed by atoms with Crippen LogP contribution < -0.4 is 5.32 Å². The Balaban J connectivity index is 1.50. The van der Waals surface area contributed by atoms with Crippen LogP contribution in [0.3, 0.4) is 0 Å². The first kappa shape index (κ1) is 24.9. The monoisotopic (exact) mass is 485 g/mol. The molecular formula is C23H30F3N3O5. The van der Waals surface area contributed by atoms with Gasteiger partial charge in [-0.05, 0) is 37.3 Å². The second-order valence-electron chi connectivity index (χ2n) is 9.51. The summed E-state index contributed by atoms with van der Waals surface area (Å²) in [5, 5.41) is 13.1. The molecule has 8 nitrogen and oxygen atoms in total. The molecule has 3 heterocycles. The number of pyridine rings is 1. The molecule has 2 N–H and O–H groups in total. The number of aliphatic carboxylic acids is 1. The summed E-state index contributed by atoms with van der Waals surface area (Å²) >= 11 is 0. The molecule has 1 saturated carbocycles. The topological polar surface area (TPSA) is 101 Å². The van der Waals surface area contributed by atoms with Crippen LogP contribution in [-0.2, 0) is 38.2 Å². The molecule has 34 heavy (non-hydrogen) atoms. The minimum Gasteiger partial charge on any atom is -0.481 e. The minimum atomic E-state index is -4.52. The number of ether oxygens (including phenoxy) is 2. The van der Waals surface area contributed by atoms with Crippen LogP contribution in [0.15, 0.2) is 12.3 Å². The van der Waals surface area contributed by atoms with Crippen molar-refractivity contribution in [3.63, 3.8) is 0 Å². The first-order valence-corrected chi connectivity index (χ1v) is 11.5. The molecule has 0 aromatic carbocycles. The fourth-order valence-corrected chi connectivity index (χ4v) is 5.52. The number of hydrogen-bond acceptors (Lipinski definition) is 6. The van der Waals surface area contributed by atoms with Crippen LogP contribution >= 0.6 is 0 Å². The summed E-state index contributed by atoms with van der Waals surface area (Å²) in [6.45, 7) is 1.37. The van der Waals surface area contributed by atoms with Crippen molar-refractivity contribution >= 4 is 11.9 Å². The molecule has 1 aliphatic carbocycles. The molecule has 4 rings (SSSR count). The molecule has 4 atom stereocenters. The predicted molar refractivity (Wildman–Crippen MR) is 114 cm³/mol. The number of aromatic nitrogens is 1. The molecule has 3 aliphatic rings. The maximum Gasteiger partial charge on any atom is 0.417 e. The molecule has 11 heteroatoms. The lowest BCUT2D eigenvalue weighted by atomic mass is 9.80. The number of fused-ring (bicyclic) bond motifs is 1. The van der Waals surface area contributed by atoms with Gasteiger partial charge >= 0.3 is 12.1 Å². The summed E-state index contributed by atoms with van der Waals surface area (Å²) < 4.78 is 50.4. The number of carbonyl (C=O) groups is 2. The molecular weight excluding hydrogens is 455 g/mol. The van der Waals surface area contributed by atoms with E-state index in [1.807, 2.05) is 0 Å². The van der Waals surface area contributed by atoms with E-state index in [0.29, 0.717) is 56.7 Å². The van der Waals surface area contributed by atoms with Crippen molar-refractivity contribution in [3.05, 3.63) is 29.1 Å². The van der Waals surface area contributed by atoms with Crippen molar-refractivity contribution in [3.8, 4) is 0 Å². The Hall–Kier alpha value is -2.24. The third-order valence-corrected chi connectivity index (χ3v) is 7.26. The fourth-order valence-electron chi connectivity index (χ4n) is 5.52. The molecule has 1 aromatic heterocycles. The Morgan fingerprint density at radius 3 is 2.88 bits per heavy atom. The number of hydrogen-bond donors (Lipinski definition) is 2. The average Bonchev–Trinajstić information content (AvgIpc) is 3.20. The van der Waals surface area contributed by atoms with Crippen LogP contribution in [0.4, 0.5) is 13.2 Å². The van der Waals surface area contributed by atoms with Crippen molar-refractivity contribution in [1.29, 1.82) is 0 Å². The molecule has 1 saturated heterocycles. The smallest absolute Gasteiger partial charge is 0.417 e. The second kappa shape index (κ2) is 9.79. The van der Waals surface area contributed by atoms with Crippen LogP contribution in [0, 0.1) is 5.41 Å². The largest absolute Gasteiger partial charge is 0.481 e. The van der Waals surface area contributed by atoms with Crippen molar-refractivity contribution in [2.24, 2.45) is 5.41 Å². The molecule has 2 unspecified atom stereocenters. The summed E-state index contributed by atoms with van der Waals surface area (Å²) in [5.41, 5.74) is -1.04. The van der Waals surface area contributed by atoms with Crippen LogP contribution in [0.5, 0.6) is 0 Å². The highest BCUT2D eigenvalue weighted by Crippen LogP contribution is 2.44. The molecule has 2 fully saturated rings. The van der Waals surface area contributed by atoms with Gasteiger partial charge < -0.3 is 24.8 Å². The Kier molecular flexibility index (Phi) is 7.16. The third-order valence-electron chi connectivity index (χ3n) is 7.26. The Labute approximate surface area is 195 Å². The number of carboxylic acid groups (broad SMARTS) is 1. The summed E-state index contributed by atoms with van der Waals surface area (Å²) in [5.74, 6) is -1.37. The SMILES string of the molecule is COC1COCCC1N[C@@H]1CC[C@](CC(=O)O)(C(=O)N2CCc3ncc(C(F)(F)F)cc3C2)C1. The van der Waals surface area contributed by atoms with Gasteiger partial charge in [-0.25, -0.2) is 0 Å². The highest BCUT2D eigenvalue weighted by molar-refractivity contribution is 5.87. The molecule has 0 bridgehead atoms. The zero-order valence-corrected chi connectivity index (χ0v) is 19.1. The van der Waals surface area contributed by atoms with Crippen LogP contribution in [-0.4, -0.2) is 71.9 Å². The third kappa shape index (κ3) is 5.21. The van der Waals surface area contributed by atoms with Gasteiger partial charge in [0.25, 0.3) is 0 Å². The predicted octanol–water partition coefficient (Wildman–Crippen LogP) is 2.39. The highest BCUT2D eigenvalue weighted by atomic mass is 19.4. The van der Waals surface area contributed by atoms with Gasteiger partial charge in [0.15, 0.2) is 0 Å². The molecule has 188 valence electrons. The maximum atomic E-state index is 13.7. The van der Waals surface area contributed by atoms with Crippen LogP contribution in [0.1, 0.15) is 48.9 Å². The van der Waals surface area contributed by atoms with Crippen LogP contribution in [0.25, 0.3) is 0 Å². The van der Waals surface area contributed by atoms with E-state index in [4.69, 9.17) is 9.47 Å². The number of carboxylic acids is 1. The zero-order valence-electron chi connectivity index (χ0n) is 19.1. The number of alkyl halides is 3. The lowest BCUT2D eigenvalue weighted by molar-refractivity contribution is -0.151. The van der Waals surface area contributed by atoms with Crippen molar-refractivity contribution in [2.75, 3.05) is 26.9 Å². The molecule has 0 radical (unpaired) electrons. The van der Waals surface area contributed by atoms with E-state index >= 15 is 0 Å². The van der Waals surface area contributed by atoms with E-state index in [1.165, 1.54) is 4.90 Å². The van der Waals surface area contributed by atoms with Gasteiger partial charge in [-0.1, -0.05) is 0 Å². The highest BCUT2D eigenvalue weighted by Gasteiger charge is 2.49.